The quantitative estimate of drug-likeness (QED) is 0.480. The second-order valence-electron chi connectivity index (χ2n) is 6.64. The highest BCUT2D eigenvalue weighted by molar-refractivity contribution is 5.91. The Hall–Kier alpha value is -3.68. The highest BCUT2D eigenvalue weighted by Gasteiger charge is 2.14. The van der Waals surface area contributed by atoms with Crippen LogP contribution < -0.4 is 15.5 Å². The van der Waals surface area contributed by atoms with Crippen LogP contribution in [0.25, 0.3) is 11.6 Å². The van der Waals surface area contributed by atoms with Crippen LogP contribution in [0.15, 0.2) is 42.7 Å². The van der Waals surface area contributed by atoms with E-state index >= 15 is 0 Å². The Balaban J connectivity index is 1.61. The Kier molecular flexibility index (Phi) is 4.52. The molecule has 1 aliphatic heterocycles. The van der Waals surface area contributed by atoms with Gasteiger partial charge in [0.25, 0.3) is 0 Å². The van der Waals surface area contributed by atoms with Gasteiger partial charge in [-0.05, 0) is 41.0 Å². The highest BCUT2D eigenvalue weighted by Crippen LogP contribution is 2.29. The van der Waals surface area contributed by atoms with Gasteiger partial charge in [-0.3, -0.25) is 15.5 Å². The zero-order valence-corrected chi connectivity index (χ0v) is 15.7. The van der Waals surface area contributed by atoms with E-state index in [-0.39, 0.29) is 11.3 Å². The first kappa shape index (κ1) is 17.7. The van der Waals surface area contributed by atoms with E-state index in [1.807, 2.05) is 31.6 Å². The Bertz CT molecular complexity index is 1140. The van der Waals surface area contributed by atoms with Crippen molar-refractivity contribution in [3.05, 3.63) is 64.9 Å². The van der Waals surface area contributed by atoms with Crippen LogP contribution in [0.2, 0.25) is 0 Å². The summed E-state index contributed by atoms with van der Waals surface area (Å²) >= 11 is 0. The van der Waals surface area contributed by atoms with Crippen LogP contribution >= 0.6 is 0 Å². The number of aromatic nitrogens is 4. The third kappa shape index (κ3) is 3.44. The molecule has 0 atom stereocenters. The molecule has 0 amide bonds. The molecule has 0 saturated heterocycles. The lowest BCUT2D eigenvalue weighted by Crippen LogP contribution is -2.30. The molecule has 28 heavy (non-hydrogen) atoms. The van der Waals surface area contributed by atoms with Gasteiger partial charge in [0, 0.05) is 43.5 Å². The van der Waals surface area contributed by atoms with Gasteiger partial charge in [0.05, 0.1) is 13.3 Å². The maximum Gasteiger partial charge on any atom is 0.231 e. The monoisotopic (exact) mass is 375 g/mol. The zero-order chi connectivity index (χ0) is 19.7. The molecule has 0 fully saturated rings. The molecule has 0 unspecified atom stereocenters. The Morgan fingerprint density at radius 3 is 2.89 bits per heavy atom. The van der Waals surface area contributed by atoms with E-state index < -0.39 is 0 Å². The number of nitrogens with one attached hydrogen (secondary N) is 3. The molecule has 3 aromatic rings. The maximum absolute atomic E-state index is 8.38. The van der Waals surface area contributed by atoms with Crippen LogP contribution in [-0.2, 0) is 13.5 Å². The molecule has 0 bridgehead atoms. The largest absolute Gasteiger partial charge is 0.480 e. The van der Waals surface area contributed by atoms with Gasteiger partial charge in [0.15, 0.2) is 0 Å². The van der Waals surface area contributed by atoms with Crippen LogP contribution in [0.5, 0.6) is 5.88 Å². The van der Waals surface area contributed by atoms with Crippen molar-refractivity contribution in [2.45, 2.75) is 6.42 Å². The molecular weight excluding hydrogens is 354 g/mol. The molecule has 1 aliphatic rings. The van der Waals surface area contributed by atoms with Gasteiger partial charge in [-0.15, -0.1) is 5.10 Å². The standard InChI is InChI=1S/C20H21N7O/c1-26-12-16(11-24-26)15-9-14-7-13(3-4-17(14)23-10-15)8-19(22)27-18(21)5-6-20(25-27)28-2/h3-7,9,11-12,21-23H,8,10H2,1-2H3. The summed E-state index contributed by atoms with van der Waals surface area (Å²) < 4.78 is 8.18. The number of hydrogen-bond acceptors (Lipinski definition) is 6. The molecule has 0 spiro atoms. The molecule has 3 heterocycles. The first-order chi connectivity index (χ1) is 13.5. The minimum Gasteiger partial charge on any atom is -0.480 e. The van der Waals surface area contributed by atoms with Crippen LogP contribution in [0.4, 0.5) is 5.69 Å². The van der Waals surface area contributed by atoms with E-state index in [0.29, 0.717) is 12.3 Å². The number of benzene rings is 1. The Morgan fingerprint density at radius 1 is 1.29 bits per heavy atom. The summed E-state index contributed by atoms with van der Waals surface area (Å²) in [5, 5.41) is 28.2. The molecule has 0 saturated carbocycles. The van der Waals surface area contributed by atoms with Crippen molar-refractivity contribution in [2.75, 3.05) is 19.0 Å². The third-order valence-electron chi connectivity index (χ3n) is 4.64. The molecular formula is C20H21N7O. The Labute approximate surface area is 162 Å². The van der Waals surface area contributed by atoms with E-state index in [2.05, 4.69) is 27.7 Å². The van der Waals surface area contributed by atoms with Crippen molar-refractivity contribution < 1.29 is 4.74 Å². The minimum atomic E-state index is 0.143. The molecule has 2 aromatic heterocycles. The van der Waals surface area contributed by atoms with Crippen molar-refractivity contribution in [1.29, 1.82) is 10.8 Å². The zero-order valence-electron chi connectivity index (χ0n) is 15.7. The summed E-state index contributed by atoms with van der Waals surface area (Å²) in [5.41, 5.74) is 5.52. The number of nitrogens with zero attached hydrogens (tertiary/aromatic N) is 4. The fourth-order valence-corrected chi connectivity index (χ4v) is 3.19. The molecule has 8 nitrogen and oxygen atoms in total. The second-order valence-corrected chi connectivity index (χ2v) is 6.64. The van der Waals surface area contributed by atoms with Gasteiger partial charge in [0.1, 0.15) is 11.3 Å². The van der Waals surface area contributed by atoms with Gasteiger partial charge in [-0.1, -0.05) is 6.07 Å². The van der Waals surface area contributed by atoms with Gasteiger partial charge in [-0.2, -0.15) is 9.78 Å². The van der Waals surface area contributed by atoms with Gasteiger partial charge < -0.3 is 10.1 Å². The molecule has 142 valence electrons. The average molecular weight is 375 g/mol. The second kappa shape index (κ2) is 7.15. The number of fused-ring (bicyclic) bond motifs is 1. The van der Waals surface area contributed by atoms with E-state index in [1.54, 1.807) is 16.8 Å². The van der Waals surface area contributed by atoms with Crippen LogP contribution in [0.3, 0.4) is 0 Å². The van der Waals surface area contributed by atoms with Crippen molar-refractivity contribution in [1.82, 2.24) is 19.6 Å². The predicted molar refractivity (Wildman–Crippen MR) is 107 cm³/mol. The molecule has 8 heteroatoms. The van der Waals surface area contributed by atoms with E-state index in [4.69, 9.17) is 15.6 Å². The SMILES string of the molecule is COc1ccc(=N)n(C(=N)Cc2ccc3c(c2)C=C(c2cnn(C)c2)CN3)n1. The number of methoxy groups -OCH3 is 1. The number of anilines is 1. The normalized spacial score (nSPS) is 12.7. The lowest BCUT2D eigenvalue weighted by atomic mass is 9.98. The molecule has 1 aromatic carbocycles. The lowest BCUT2D eigenvalue weighted by Gasteiger charge is -2.19. The fraction of sp³-hybridized carbons (Fsp3) is 0.200. The van der Waals surface area contributed by atoms with E-state index in [9.17, 15) is 0 Å². The number of hydrogen-bond donors (Lipinski definition) is 3. The predicted octanol–water partition coefficient (Wildman–Crippen LogP) is 2.14. The van der Waals surface area contributed by atoms with E-state index in [0.717, 1.165) is 28.9 Å². The topological polar surface area (TPSA) is 105 Å². The van der Waals surface area contributed by atoms with Crippen molar-refractivity contribution in [3.63, 3.8) is 0 Å². The summed E-state index contributed by atoms with van der Waals surface area (Å²) in [6.07, 6.45) is 6.38. The number of ether oxygens (including phenoxy) is 1. The summed E-state index contributed by atoms with van der Waals surface area (Å²) in [7, 11) is 3.42. The summed E-state index contributed by atoms with van der Waals surface area (Å²) in [4.78, 5) is 0. The van der Waals surface area contributed by atoms with Crippen molar-refractivity contribution >= 4 is 23.2 Å². The van der Waals surface area contributed by atoms with Gasteiger partial charge in [0.2, 0.25) is 5.88 Å². The first-order valence-corrected chi connectivity index (χ1v) is 8.86. The van der Waals surface area contributed by atoms with E-state index in [1.165, 1.54) is 17.4 Å². The summed E-state index contributed by atoms with van der Waals surface area (Å²) in [6, 6.07) is 9.27. The number of rotatable bonds is 4. The van der Waals surface area contributed by atoms with Crippen molar-refractivity contribution in [3.8, 4) is 5.88 Å². The number of aryl methyl sites for hydroxylation is 1. The summed E-state index contributed by atoms with van der Waals surface area (Å²) in [6.45, 7) is 0.750. The highest BCUT2D eigenvalue weighted by atomic mass is 16.5. The molecule has 3 N–H and O–H groups in total. The first-order valence-electron chi connectivity index (χ1n) is 8.86. The van der Waals surface area contributed by atoms with Crippen LogP contribution in [0.1, 0.15) is 16.7 Å². The maximum atomic E-state index is 8.38. The molecule has 0 radical (unpaired) electrons. The smallest absolute Gasteiger partial charge is 0.231 e. The summed E-state index contributed by atoms with van der Waals surface area (Å²) in [5.74, 6) is 0.587. The average Bonchev–Trinajstić information content (AvgIpc) is 3.14. The van der Waals surface area contributed by atoms with Crippen LogP contribution in [0, 0.1) is 10.8 Å². The van der Waals surface area contributed by atoms with Gasteiger partial charge in [-0.25, -0.2) is 0 Å². The minimum absolute atomic E-state index is 0.143. The fourth-order valence-electron chi connectivity index (χ4n) is 3.19. The van der Waals surface area contributed by atoms with Gasteiger partial charge >= 0.3 is 0 Å². The Morgan fingerprint density at radius 2 is 2.14 bits per heavy atom. The molecule has 4 rings (SSSR count). The lowest BCUT2D eigenvalue weighted by molar-refractivity contribution is 0.386. The van der Waals surface area contributed by atoms with Crippen molar-refractivity contribution in [2.24, 2.45) is 7.05 Å². The third-order valence-corrected chi connectivity index (χ3v) is 4.64. The molecule has 0 aliphatic carbocycles. The van der Waals surface area contributed by atoms with Crippen LogP contribution in [-0.4, -0.2) is 39.1 Å².